The molecular weight excluding hydrogens is 873 g/mol. The number of unbranched alkanes of at least 4 members (excludes halogenated alkanes) is 5. The van der Waals surface area contributed by atoms with E-state index >= 15 is 0 Å². The Labute approximate surface area is 397 Å². The van der Waals surface area contributed by atoms with Crippen LogP contribution in [-0.2, 0) is 30.5 Å². The van der Waals surface area contributed by atoms with Gasteiger partial charge in [-0.1, -0.05) is 64.3 Å². The highest BCUT2D eigenvalue weighted by atomic mass is 32.1. The van der Waals surface area contributed by atoms with E-state index in [0.717, 1.165) is 53.8 Å². The Kier molecular flexibility index (Phi) is 19.3. The van der Waals surface area contributed by atoms with Gasteiger partial charge in [-0.15, -0.1) is 11.3 Å². The molecule has 1 aromatic heterocycles. The molecule has 0 radical (unpaired) electrons. The molecule has 3 aromatic carbocycles. The number of hydrogen-bond acceptors (Lipinski definition) is 11. The average molecular weight is 939 g/mol. The highest BCUT2D eigenvalue weighted by Crippen LogP contribution is 2.33. The summed E-state index contributed by atoms with van der Waals surface area (Å²) >= 11 is 1.52. The predicted octanol–water partition coefficient (Wildman–Crippen LogP) is 6.73. The van der Waals surface area contributed by atoms with Gasteiger partial charge in [0.15, 0.2) is 0 Å². The average Bonchev–Trinajstić information content (AvgIpc) is 3.91. The van der Waals surface area contributed by atoms with Crippen molar-refractivity contribution in [2.75, 3.05) is 36.1 Å². The largest absolute Gasteiger partial charge is 0.493 e. The molecule has 4 aromatic rings. The van der Waals surface area contributed by atoms with E-state index in [9.17, 15) is 33.9 Å². The summed E-state index contributed by atoms with van der Waals surface area (Å²) in [5.41, 5.74) is 11.7. The molecule has 1 aliphatic rings. The summed E-state index contributed by atoms with van der Waals surface area (Å²) in [4.78, 5) is 83.6. The number of aliphatic hydroxyl groups is 1. The van der Waals surface area contributed by atoms with E-state index in [-0.39, 0.29) is 43.1 Å². The van der Waals surface area contributed by atoms with E-state index in [0.29, 0.717) is 67.2 Å². The maximum atomic E-state index is 13.7. The quantitative estimate of drug-likeness (QED) is 0.0306. The van der Waals surface area contributed by atoms with Crippen molar-refractivity contribution in [1.82, 2.24) is 25.8 Å². The summed E-state index contributed by atoms with van der Waals surface area (Å²) in [6.45, 7) is 9.79. The molecule has 67 heavy (non-hydrogen) atoms. The number of nitrogens with two attached hydrogens (primary N) is 1. The fraction of sp³-hybridized carbons (Fsp3) is 0.460. The van der Waals surface area contributed by atoms with Crippen molar-refractivity contribution < 1.29 is 38.6 Å². The molecule has 16 nitrogen and oxygen atoms in total. The third kappa shape index (κ3) is 15.9. The number of aromatic nitrogens is 1. The van der Waals surface area contributed by atoms with Crippen LogP contribution in [0.3, 0.4) is 0 Å². The lowest BCUT2D eigenvalue weighted by molar-refractivity contribution is -0.143. The first-order valence-corrected chi connectivity index (χ1v) is 23.9. The van der Waals surface area contributed by atoms with Crippen LogP contribution >= 0.6 is 11.3 Å². The van der Waals surface area contributed by atoms with Gasteiger partial charge in [0, 0.05) is 62.6 Å². The number of carbonyl (C=O) groups excluding carboxylic acids is 6. The van der Waals surface area contributed by atoms with Crippen molar-refractivity contribution in [2.45, 2.75) is 124 Å². The van der Waals surface area contributed by atoms with Crippen LogP contribution in [0.2, 0.25) is 0 Å². The van der Waals surface area contributed by atoms with Gasteiger partial charge in [-0.3, -0.25) is 28.8 Å². The molecule has 0 aliphatic carbocycles. The monoisotopic (exact) mass is 938 g/mol. The molecule has 1 fully saturated rings. The molecule has 8 N–H and O–H groups in total. The number of thiazole rings is 1. The Balaban J connectivity index is 0.983. The van der Waals surface area contributed by atoms with E-state index in [1.807, 2.05) is 45.9 Å². The Morgan fingerprint density at radius 2 is 1.58 bits per heavy atom. The number of aliphatic hydroxyl groups excluding tert-OH is 1. The van der Waals surface area contributed by atoms with E-state index in [1.54, 1.807) is 54.0 Å². The third-order valence-corrected chi connectivity index (χ3v) is 12.4. The summed E-state index contributed by atoms with van der Waals surface area (Å²) in [5.74, 6) is -0.985. The molecule has 3 atom stereocenters. The zero-order valence-electron chi connectivity index (χ0n) is 39.2. The van der Waals surface area contributed by atoms with Crippen molar-refractivity contribution in [3.05, 3.63) is 89.1 Å². The maximum absolute atomic E-state index is 13.7. The second-order valence-electron chi connectivity index (χ2n) is 18.0. The normalized spacial score (nSPS) is 15.0. The third-order valence-electron chi connectivity index (χ3n) is 11.5. The van der Waals surface area contributed by atoms with Crippen LogP contribution in [0.25, 0.3) is 10.4 Å². The van der Waals surface area contributed by atoms with E-state index < -0.39 is 35.4 Å². The molecule has 1 aliphatic heterocycles. The van der Waals surface area contributed by atoms with Crippen LogP contribution < -0.4 is 37.1 Å². The van der Waals surface area contributed by atoms with Gasteiger partial charge < -0.3 is 47.1 Å². The van der Waals surface area contributed by atoms with Gasteiger partial charge >= 0.3 is 0 Å². The lowest BCUT2D eigenvalue weighted by atomic mass is 9.85. The van der Waals surface area contributed by atoms with Gasteiger partial charge in [0.25, 0.3) is 5.91 Å². The van der Waals surface area contributed by atoms with Gasteiger partial charge in [0.2, 0.25) is 29.5 Å². The first-order chi connectivity index (χ1) is 32.0. The van der Waals surface area contributed by atoms with Gasteiger partial charge in [-0.25, -0.2) is 4.98 Å². The molecule has 360 valence electrons. The smallest absolute Gasteiger partial charge is 0.255 e. The fourth-order valence-electron chi connectivity index (χ4n) is 7.74. The Morgan fingerprint density at radius 1 is 0.881 bits per heavy atom. The van der Waals surface area contributed by atoms with Crippen LogP contribution in [0.15, 0.2) is 72.2 Å². The van der Waals surface area contributed by atoms with Gasteiger partial charge in [-0.05, 0) is 86.1 Å². The number of β-amino-alcohol motifs (C(OH)–C–C–N with tert-alkyl or cyclic N) is 1. The Morgan fingerprint density at radius 3 is 2.25 bits per heavy atom. The number of ether oxygens (including phenoxy) is 1. The number of carbonyl (C=O) groups is 6. The minimum atomic E-state index is -0.909. The lowest BCUT2D eigenvalue weighted by Crippen LogP contribution is -2.57. The van der Waals surface area contributed by atoms with Gasteiger partial charge in [-0.2, -0.15) is 0 Å². The van der Waals surface area contributed by atoms with Gasteiger partial charge in [0.1, 0.15) is 17.8 Å². The number of amides is 6. The number of para-hydroxylation sites is 2. The van der Waals surface area contributed by atoms with E-state index in [2.05, 4.69) is 31.6 Å². The number of anilines is 3. The number of benzene rings is 3. The summed E-state index contributed by atoms with van der Waals surface area (Å²) in [6.07, 6.45) is 5.58. The number of nitrogen functional groups attached to an aromatic ring is 1. The predicted molar refractivity (Wildman–Crippen MR) is 261 cm³/mol. The van der Waals surface area contributed by atoms with Crippen LogP contribution in [0, 0.1) is 12.3 Å². The SMILES string of the molecule is CC(=O)N[C@@H](C(=O)N1C[C@H](O)C[C@H]1C(=O)NCc1ccc(-c2scnc2C)cc1OCCCCNC(=O)CCCCCCCC(=O)Nc1ccc(C(=O)Nc2ccccc2N)cc1)C(C)(C)C. The van der Waals surface area contributed by atoms with E-state index in [4.69, 9.17) is 10.5 Å². The Hall–Kier alpha value is -6.33. The standard InChI is InChI=1S/C50H66N8O8S/c1-32-45(67-31-54-32)35-19-20-36(29-53-48(64)41-28-38(60)30-58(41)49(65)46(50(3,4)5)55-33(2)59)42(27-35)66-26-14-13-25-52-43(61)17-9-7-6-8-10-18-44(62)56-37-23-21-34(22-24-37)47(63)57-40-16-12-11-15-39(40)51/h11-12,15-16,19-24,27,31,38,41,46,60H,6-10,13-14,17-18,25-26,28-30,51H2,1-5H3,(H,52,61)(H,53,64)(H,55,59)(H,56,62)(H,57,63)/t38-,41+,46+/m1/s1. The second kappa shape index (κ2) is 25.0. The summed E-state index contributed by atoms with van der Waals surface area (Å²) in [7, 11) is 0. The number of nitrogens with zero attached hydrogens (tertiary/aromatic N) is 2. The molecule has 0 spiro atoms. The summed E-state index contributed by atoms with van der Waals surface area (Å²) in [5, 5.41) is 24.9. The first kappa shape index (κ1) is 51.7. The molecule has 6 amide bonds. The fourth-order valence-corrected chi connectivity index (χ4v) is 8.54. The van der Waals surface area contributed by atoms with Crippen molar-refractivity contribution >= 4 is 63.8 Å². The van der Waals surface area contributed by atoms with E-state index in [1.165, 1.54) is 23.2 Å². The number of nitrogens with one attached hydrogen (secondary N) is 5. The van der Waals surface area contributed by atoms with Crippen LogP contribution in [-0.4, -0.2) is 88.3 Å². The van der Waals surface area contributed by atoms with Crippen LogP contribution in [0.1, 0.15) is 114 Å². The topological polar surface area (TPSA) is 234 Å². The number of likely N-dealkylation sites (tertiary alicyclic amines) is 1. The number of aryl methyl sites for hydroxylation is 1. The Bertz CT molecular complexity index is 2330. The van der Waals surface area contributed by atoms with Crippen molar-refractivity contribution in [3.8, 4) is 16.2 Å². The second-order valence-corrected chi connectivity index (χ2v) is 18.9. The van der Waals surface area contributed by atoms with Crippen LogP contribution in [0.4, 0.5) is 17.1 Å². The summed E-state index contributed by atoms with van der Waals surface area (Å²) in [6, 6.07) is 17.7. The highest BCUT2D eigenvalue weighted by molar-refractivity contribution is 7.13. The molecule has 17 heteroatoms. The molecule has 2 heterocycles. The van der Waals surface area contributed by atoms with Crippen molar-refractivity contribution in [3.63, 3.8) is 0 Å². The number of rotatable bonds is 23. The van der Waals surface area contributed by atoms with Gasteiger partial charge in [0.05, 0.1) is 40.2 Å². The molecular formula is C50H66N8O8S. The van der Waals surface area contributed by atoms with Crippen LogP contribution in [0.5, 0.6) is 5.75 Å². The first-order valence-electron chi connectivity index (χ1n) is 23.0. The van der Waals surface area contributed by atoms with Crippen molar-refractivity contribution in [1.29, 1.82) is 0 Å². The molecule has 5 rings (SSSR count). The highest BCUT2D eigenvalue weighted by Gasteiger charge is 2.44. The zero-order chi connectivity index (χ0) is 48.5. The number of hydrogen-bond donors (Lipinski definition) is 7. The molecule has 0 saturated carbocycles. The zero-order valence-corrected chi connectivity index (χ0v) is 40.1. The molecule has 0 bridgehead atoms. The molecule has 0 unspecified atom stereocenters. The molecule has 1 saturated heterocycles. The maximum Gasteiger partial charge on any atom is 0.255 e. The summed E-state index contributed by atoms with van der Waals surface area (Å²) < 4.78 is 6.28. The lowest BCUT2D eigenvalue weighted by Gasteiger charge is -2.35. The minimum absolute atomic E-state index is 0.00209. The van der Waals surface area contributed by atoms with Crippen molar-refractivity contribution in [2.24, 2.45) is 5.41 Å². The minimum Gasteiger partial charge on any atom is -0.493 e.